The number of benzene rings is 1. The highest BCUT2D eigenvalue weighted by molar-refractivity contribution is 5.83. The average molecular weight is 403 g/mol. The first-order chi connectivity index (χ1) is 14.0. The Bertz CT molecular complexity index is 824. The number of hydrazone groups is 1. The van der Waals surface area contributed by atoms with Crippen molar-refractivity contribution in [3.8, 4) is 17.2 Å². The van der Waals surface area contributed by atoms with Gasteiger partial charge < -0.3 is 24.8 Å². The zero-order valence-corrected chi connectivity index (χ0v) is 17.1. The van der Waals surface area contributed by atoms with Gasteiger partial charge in [-0.2, -0.15) is 20.1 Å². The van der Waals surface area contributed by atoms with Crippen LogP contribution < -0.4 is 30.3 Å². The second-order valence-electron chi connectivity index (χ2n) is 5.59. The smallest absolute Gasteiger partial charge is 0.308 e. The third kappa shape index (κ3) is 6.19. The summed E-state index contributed by atoms with van der Waals surface area (Å²) in [5.41, 5.74) is 3.42. The summed E-state index contributed by atoms with van der Waals surface area (Å²) < 4.78 is 15.8. The van der Waals surface area contributed by atoms with Gasteiger partial charge in [0.15, 0.2) is 11.5 Å². The Morgan fingerprint density at radius 2 is 1.52 bits per heavy atom. The van der Waals surface area contributed by atoms with Crippen LogP contribution in [0, 0.1) is 0 Å². The third-order valence-electron chi connectivity index (χ3n) is 3.41. The molecule has 11 heteroatoms. The Kier molecular flexibility index (Phi) is 7.95. The van der Waals surface area contributed by atoms with Gasteiger partial charge in [0.1, 0.15) is 0 Å². The molecule has 29 heavy (non-hydrogen) atoms. The zero-order valence-electron chi connectivity index (χ0n) is 17.1. The first kappa shape index (κ1) is 21.7. The van der Waals surface area contributed by atoms with Crippen molar-refractivity contribution in [2.75, 3.05) is 43.4 Å². The molecule has 11 nitrogen and oxygen atoms in total. The van der Waals surface area contributed by atoms with Crippen molar-refractivity contribution in [3.05, 3.63) is 17.7 Å². The van der Waals surface area contributed by atoms with E-state index in [0.717, 1.165) is 0 Å². The molecule has 0 unspecified atom stereocenters. The quantitative estimate of drug-likeness (QED) is 0.234. The van der Waals surface area contributed by atoms with Gasteiger partial charge in [-0.3, -0.25) is 4.79 Å². The van der Waals surface area contributed by atoms with Crippen molar-refractivity contribution in [2.24, 2.45) is 5.10 Å². The predicted octanol–water partition coefficient (Wildman–Crippen LogP) is 2.12. The van der Waals surface area contributed by atoms with Gasteiger partial charge in [-0.1, -0.05) is 0 Å². The van der Waals surface area contributed by atoms with E-state index in [4.69, 9.17) is 14.2 Å². The number of anilines is 3. The number of rotatable bonds is 10. The Balaban J connectivity index is 2.24. The van der Waals surface area contributed by atoms with Crippen molar-refractivity contribution >= 4 is 30.0 Å². The maximum Gasteiger partial charge on any atom is 0.308 e. The number of aromatic nitrogens is 3. The molecule has 1 aromatic heterocycles. The number of ether oxygens (including phenoxy) is 3. The van der Waals surface area contributed by atoms with Crippen molar-refractivity contribution in [3.63, 3.8) is 0 Å². The summed E-state index contributed by atoms with van der Waals surface area (Å²) in [5.74, 6) is 1.55. The number of carbonyl (C=O) groups excluding carboxylic acids is 1. The van der Waals surface area contributed by atoms with Crippen LogP contribution in [0.2, 0.25) is 0 Å². The van der Waals surface area contributed by atoms with Gasteiger partial charge in [-0.25, -0.2) is 5.43 Å². The van der Waals surface area contributed by atoms with E-state index in [9.17, 15) is 4.79 Å². The van der Waals surface area contributed by atoms with E-state index in [-0.39, 0.29) is 11.7 Å². The number of nitrogens with zero attached hydrogens (tertiary/aromatic N) is 4. The molecule has 2 aromatic rings. The Hall–Kier alpha value is -3.63. The Morgan fingerprint density at radius 1 is 1.00 bits per heavy atom. The van der Waals surface area contributed by atoms with Gasteiger partial charge >= 0.3 is 5.97 Å². The third-order valence-corrected chi connectivity index (χ3v) is 3.41. The lowest BCUT2D eigenvalue weighted by Gasteiger charge is -2.13. The molecular weight excluding hydrogens is 378 g/mol. The minimum Gasteiger partial charge on any atom is -0.493 e. The normalized spacial score (nSPS) is 10.5. The van der Waals surface area contributed by atoms with Crippen LogP contribution in [-0.2, 0) is 4.79 Å². The van der Waals surface area contributed by atoms with Crippen LogP contribution in [0.5, 0.6) is 17.2 Å². The predicted molar refractivity (Wildman–Crippen MR) is 110 cm³/mol. The number of carbonyl (C=O) groups is 1. The minimum absolute atomic E-state index is 0.204. The molecular formula is C18H25N7O4. The van der Waals surface area contributed by atoms with Gasteiger partial charge in [0.05, 0.1) is 20.4 Å². The molecule has 1 heterocycles. The van der Waals surface area contributed by atoms with Gasteiger partial charge in [0, 0.05) is 25.6 Å². The zero-order chi connectivity index (χ0) is 21.2. The van der Waals surface area contributed by atoms with E-state index < -0.39 is 5.97 Å². The fourth-order valence-corrected chi connectivity index (χ4v) is 2.28. The van der Waals surface area contributed by atoms with Crippen LogP contribution in [0.3, 0.4) is 0 Å². The van der Waals surface area contributed by atoms with Crippen LogP contribution in [-0.4, -0.2) is 54.4 Å². The van der Waals surface area contributed by atoms with Crippen molar-refractivity contribution in [2.45, 2.75) is 20.8 Å². The number of hydrogen-bond acceptors (Lipinski definition) is 11. The van der Waals surface area contributed by atoms with E-state index >= 15 is 0 Å². The van der Waals surface area contributed by atoms with E-state index in [0.29, 0.717) is 42.0 Å². The van der Waals surface area contributed by atoms with Crippen molar-refractivity contribution < 1.29 is 19.0 Å². The molecule has 0 spiro atoms. The molecule has 0 atom stereocenters. The Labute approximate surface area is 168 Å². The summed E-state index contributed by atoms with van der Waals surface area (Å²) in [6, 6.07) is 3.32. The molecule has 0 radical (unpaired) electrons. The molecule has 0 aliphatic carbocycles. The van der Waals surface area contributed by atoms with E-state index in [1.807, 2.05) is 13.8 Å². The molecule has 0 saturated carbocycles. The summed E-state index contributed by atoms with van der Waals surface area (Å²) in [4.78, 5) is 24.1. The monoisotopic (exact) mass is 403 g/mol. The summed E-state index contributed by atoms with van der Waals surface area (Å²) in [5, 5.41) is 10.2. The maximum atomic E-state index is 11.3. The standard InChI is InChI=1S/C18H25N7O4/c1-6-19-16-22-17(20-7-2)24-18(23-16)25-21-10-12-8-13(27-4)15(29-11(3)26)14(9-12)28-5/h8-10H,6-7H2,1-5H3,(H3,19,20,22,23,24,25)/b21-10+. The molecule has 0 aliphatic rings. The van der Waals surface area contributed by atoms with Gasteiger partial charge in [0.2, 0.25) is 23.6 Å². The minimum atomic E-state index is -0.479. The molecule has 0 amide bonds. The van der Waals surface area contributed by atoms with Crippen LogP contribution in [0.4, 0.5) is 17.8 Å². The van der Waals surface area contributed by atoms with E-state index in [1.165, 1.54) is 27.4 Å². The number of methoxy groups -OCH3 is 2. The lowest BCUT2D eigenvalue weighted by Crippen LogP contribution is -2.10. The number of hydrogen-bond donors (Lipinski definition) is 3. The maximum absolute atomic E-state index is 11.3. The second kappa shape index (κ2) is 10.6. The molecule has 3 N–H and O–H groups in total. The van der Waals surface area contributed by atoms with Crippen LogP contribution in [0.25, 0.3) is 0 Å². The highest BCUT2D eigenvalue weighted by Crippen LogP contribution is 2.38. The number of nitrogens with one attached hydrogen (secondary N) is 3. The fourth-order valence-electron chi connectivity index (χ4n) is 2.28. The molecule has 156 valence electrons. The van der Waals surface area contributed by atoms with Gasteiger partial charge in [0.25, 0.3) is 0 Å². The van der Waals surface area contributed by atoms with Crippen LogP contribution in [0.1, 0.15) is 26.3 Å². The van der Waals surface area contributed by atoms with Crippen LogP contribution in [0.15, 0.2) is 17.2 Å². The molecule has 2 rings (SSSR count). The second-order valence-corrected chi connectivity index (χ2v) is 5.59. The summed E-state index contributed by atoms with van der Waals surface area (Å²) in [6.07, 6.45) is 1.53. The topological polar surface area (TPSA) is 132 Å². The molecule has 0 fully saturated rings. The van der Waals surface area contributed by atoms with Crippen molar-refractivity contribution in [1.82, 2.24) is 15.0 Å². The highest BCUT2D eigenvalue weighted by Gasteiger charge is 2.15. The SMILES string of the molecule is CCNc1nc(NCC)nc(N/N=C/c2cc(OC)c(OC(C)=O)c(OC)c2)n1. The van der Waals surface area contributed by atoms with E-state index in [2.05, 4.69) is 36.1 Å². The largest absolute Gasteiger partial charge is 0.493 e. The average Bonchev–Trinajstić information content (AvgIpc) is 2.68. The molecule has 0 bridgehead atoms. The van der Waals surface area contributed by atoms with Crippen LogP contribution >= 0.6 is 0 Å². The molecule has 0 saturated heterocycles. The lowest BCUT2D eigenvalue weighted by molar-refractivity contribution is -0.132. The lowest BCUT2D eigenvalue weighted by atomic mass is 10.2. The summed E-state index contributed by atoms with van der Waals surface area (Å²) in [7, 11) is 2.94. The highest BCUT2D eigenvalue weighted by atomic mass is 16.6. The van der Waals surface area contributed by atoms with E-state index in [1.54, 1.807) is 12.1 Å². The first-order valence-electron chi connectivity index (χ1n) is 8.98. The molecule has 0 aliphatic heterocycles. The number of esters is 1. The van der Waals surface area contributed by atoms with Crippen molar-refractivity contribution in [1.29, 1.82) is 0 Å². The summed E-state index contributed by atoms with van der Waals surface area (Å²) >= 11 is 0. The molecule has 1 aromatic carbocycles. The summed E-state index contributed by atoms with van der Waals surface area (Å²) in [6.45, 7) is 6.54. The van der Waals surface area contributed by atoms with Gasteiger partial charge in [-0.15, -0.1) is 0 Å². The fraction of sp³-hybridized carbons (Fsp3) is 0.389. The first-order valence-corrected chi connectivity index (χ1v) is 8.98. The Morgan fingerprint density at radius 3 is 1.97 bits per heavy atom. The van der Waals surface area contributed by atoms with Gasteiger partial charge in [-0.05, 0) is 26.0 Å².